The van der Waals surface area contributed by atoms with Gasteiger partial charge >= 0.3 is 0 Å². The first-order valence-corrected chi connectivity index (χ1v) is 7.87. The highest BCUT2D eigenvalue weighted by Gasteiger charge is 2.26. The fourth-order valence-corrected chi connectivity index (χ4v) is 3.58. The molecule has 3 rings (SSSR count). The molecule has 100 valence electrons. The number of carbonyl (C=O) groups is 1. The van der Waals surface area contributed by atoms with E-state index in [1.807, 2.05) is 0 Å². The average Bonchev–Trinajstić information content (AvgIpc) is 2.70. The highest BCUT2D eigenvalue weighted by atomic mass is 32.1. The molecule has 19 heavy (non-hydrogen) atoms. The Kier molecular flexibility index (Phi) is 3.56. The van der Waals surface area contributed by atoms with Crippen LogP contribution in [0.25, 0.3) is 10.1 Å². The number of hydrogen-bond donors (Lipinski definition) is 1. The fourth-order valence-electron chi connectivity index (χ4n) is 2.60. The Hall–Kier alpha value is -1.35. The van der Waals surface area contributed by atoms with Crippen LogP contribution >= 0.6 is 11.3 Å². The summed E-state index contributed by atoms with van der Waals surface area (Å²) < 4.78 is 1.33. The largest absolute Gasteiger partial charge is 0.353 e. The molecule has 3 heteroatoms. The van der Waals surface area contributed by atoms with Gasteiger partial charge in [-0.25, -0.2) is 0 Å². The molecule has 1 fully saturated rings. The molecule has 1 heterocycles. The first-order valence-electron chi connectivity index (χ1n) is 6.99. The van der Waals surface area contributed by atoms with Gasteiger partial charge in [0, 0.05) is 16.7 Å². The molecular formula is C16H19NOS. The molecule has 1 aromatic carbocycles. The van der Waals surface area contributed by atoms with E-state index in [0.29, 0.717) is 0 Å². The van der Waals surface area contributed by atoms with Crippen LogP contribution in [0.5, 0.6) is 0 Å². The zero-order valence-corrected chi connectivity index (χ0v) is 12.0. The Bertz CT molecular complexity index is 585. The number of nitrogens with one attached hydrogen (secondary N) is 1. The van der Waals surface area contributed by atoms with Crippen LogP contribution in [0.3, 0.4) is 0 Å². The van der Waals surface area contributed by atoms with E-state index in [4.69, 9.17) is 0 Å². The first-order chi connectivity index (χ1) is 9.24. The Morgan fingerprint density at radius 3 is 2.95 bits per heavy atom. The minimum atomic E-state index is 0.214. The van der Waals surface area contributed by atoms with Crippen LogP contribution in [0.4, 0.5) is 0 Å². The quantitative estimate of drug-likeness (QED) is 0.903. The van der Waals surface area contributed by atoms with Crippen molar-refractivity contribution in [2.24, 2.45) is 5.92 Å². The maximum atomic E-state index is 11.9. The van der Waals surface area contributed by atoms with Gasteiger partial charge in [-0.2, -0.15) is 0 Å². The van der Waals surface area contributed by atoms with Crippen molar-refractivity contribution in [1.29, 1.82) is 0 Å². The van der Waals surface area contributed by atoms with Crippen LogP contribution in [-0.4, -0.2) is 11.9 Å². The maximum absolute atomic E-state index is 11.9. The van der Waals surface area contributed by atoms with Crippen molar-refractivity contribution in [2.75, 3.05) is 0 Å². The lowest BCUT2D eigenvalue weighted by Crippen LogP contribution is -2.40. The number of benzene rings is 1. The number of rotatable bonds is 4. The Balaban J connectivity index is 1.65. The molecule has 2 aromatic rings. The molecule has 0 saturated heterocycles. The van der Waals surface area contributed by atoms with Crippen molar-refractivity contribution in [3.63, 3.8) is 0 Å². The third-order valence-electron chi connectivity index (χ3n) is 3.95. The van der Waals surface area contributed by atoms with Crippen LogP contribution < -0.4 is 5.32 Å². The third-order valence-corrected chi connectivity index (χ3v) is 4.96. The van der Waals surface area contributed by atoms with Gasteiger partial charge in [0.2, 0.25) is 5.91 Å². The van der Waals surface area contributed by atoms with Gasteiger partial charge in [0.05, 0.1) is 0 Å². The minimum absolute atomic E-state index is 0.214. The zero-order valence-electron chi connectivity index (χ0n) is 11.2. The summed E-state index contributed by atoms with van der Waals surface area (Å²) in [6, 6.07) is 8.69. The third kappa shape index (κ3) is 2.66. The molecule has 0 aliphatic heterocycles. The summed E-state index contributed by atoms with van der Waals surface area (Å²) in [5.74, 6) is 0.528. The summed E-state index contributed by atoms with van der Waals surface area (Å²) in [6.45, 7) is 2.10. The topological polar surface area (TPSA) is 29.1 Å². The molecule has 1 atom stereocenters. The highest BCUT2D eigenvalue weighted by molar-refractivity contribution is 7.17. The number of carbonyl (C=O) groups excluding carboxylic acids is 1. The summed E-state index contributed by atoms with van der Waals surface area (Å²) in [6.07, 6.45) is 4.27. The summed E-state index contributed by atoms with van der Waals surface area (Å²) in [5.41, 5.74) is 1.35. The molecule has 0 unspecified atom stereocenters. The van der Waals surface area contributed by atoms with Crippen molar-refractivity contribution >= 4 is 27.3 Å². The molecule has 2 nitrogen and oxygen atoms in total. The predicted molar refractivity (Wildman–Crippen MR) is 80.5 cm³/mol. The van der Waals surface area contributed by atoms with Gasteiger partial charge in [0.1, 0.15) is 0 Å². The summed E-state index contributed by atoms with van der Waals surface area (Å²) in [5, 5.41) is 6.70. The average molecular weight is 273 g/mol. The van der Waals surface area contributed by atoms with E-state index in [0.717, 1.165) is 19.3 Å². The second kappa shape index (κ2) is 5.33. The van der Waals surface area contributed by atoms with Crippen molar-refractivity contribution < 1.29 is 4.79 Å². The van der Waals surface area contributed by atoms with Gasteiger partial charge in [0.15, 0.2) is 0 Å². The van der Waals surface area contributed by atoms with Crippen molar-refractivity contribution in [3.05, 3.63) is 35.2 Å². The minimum Gasteiger partial charge on any atom is -0.353 e. The Morgan fingerprint density at radius 2 is 2.21 bits per heavy atom. The lowest BCUT2D eigenvalue weighted by Gasteiger charge is -2.26. The Morgan fingerprint density at radius 1 is 1.42 bits per heavy atom. The summed E-state index contributed by atoms with van der Waals surface area (Å²) >= 11 is 1.78. The maximum Gasteiger partial charge on any atom is 0.223 e. The highest BCUT2D eigenvalue weighted by Crippen LogP contribution is 2.28. The van der Waals surface area contributed by atoms with Crippen LogP contribution in [-0.2, 0) is 11.2 Å². The molecule has 1 saturated carbocycles. The van der Waals surface area contributed by atoms with Crippen LogP contribution in [0, 0.1) is 5.92 Å². The van der Waals surface area contributed by atoms with Gasteiger partial charge < -0.3 is 5.32 Å². The van der Waals surface area contributed by atoms with Crippen molar-refractivity contribution in [2.45, 2.75) is 38.6 Å². The monoisotopic (exact) mass is 273 g/mol. The molecule has 1 N–H and O–H groups in total. The molecule has 0 spiro atoms. The van der Waals surface area contributed by atoms with E-state index >= 15 is 0 Å². The second-order valence-corrected chi connectivity index (χ2v) is 6.41. The van der Waals surface area contributed by atoms with Crippen LogP contribution in [0.2, 0.25) is 0 Å². The predicted octanol–water partition coefficient (Wildman–Crippen LogP) is 3.75. The molecule has 1 aliphatic carbocycles. The Labute approximate surface area is 117 Å². The number of hydrogen-bond acceptors (Lipinski definition) is 2. The number of fused-ring (bicyclic) bond motifs is 1. The molecule has 1 aliphatic rings. The summed E-state index contributed by atoms with van der Waals surface area (Å²) in [7, 11) is 0. The number of amides is 1. The van der Waals surface area contributed by atoms with Crippen molar-refractivity contribution in [3.8, 4) is 0 Å². The van der Waals surface area contributed by atoms with Crippen molar-refractivity contribution in [1.82, 2.24) is 5.32 Å². The van der Waals surface area contributed by atoms with Gasteiger partial charge in [-0.1, -0.05) is 24.6 Å². The van der Waals surface area contributed by atoms with E-state index < -0.39 is 0 Å². The van der Waals surface area contributed by atoms with E-state index in [1.54, 1.807) is 11.3 Å². The fraction of sp³-hybridized carbons (Fsp3) is 0.438. The van der Waals surface area contributed by atoms with Crippen LogP contribution in [0.15, 0.2) is 29.6 Å². The second-order valence-electron chi connectivity index (χ2n) is 5.50. The molecular weight excluding hydrogens is 254 g/mol. The van der Waals surface area contributed by atoms with Crippen LogP contribution in [0.1, 0.15) is 31.7 Å². The normalized spacial score (nSPS) is 17.1. The summed E-state index contributed by atoms with van der Waals surface area (Å²) in [4.78, 5) is 11.9. The van der Waals surface area contributed by atoms with Gasteiger partial charge in [-0.15, -0.1) is 11.3 Å². The lowest BCUT2D eigenvalue weighted by atomic mass is 9.84. The van der Waals surface area contributed by atoms with Gasteiger partial charge in [-0.3, -0.25) is 4.79 Å². The van der Waals surface area contributed by atoms with E-state index in [1.165, 1.54) is 22.1 Å². The molecule has 0 radical (unpaired) electrons. The molecule has 1 aromatic heterocycles. The van der Waals surface area contributed by atoms with E-state index in [2.05, 4.69) is 41.9 Å². The molecule has 1 amide bonds. The smallest absolute Gasteiger partial charge is 0.223 e. The zero-order chi connectivity index (χ0) is 13.2. The number of thiophene rings is 1. The van der Waals surface area contributed by atoms with E-state index in [9.17, 15) is 4.79 Å². The van der Waals surface area contributed by atoms with Gasteiger partial charge in [0.25, 0.3) is 0 Å². The van der Waals surface area contributed by atoms with E-state index in [-0.39, 0.29) is 17.9 Å². The first kappa shape index (κ1) is 12.7. The lowest BCUT2D eigenvalue weighted by molar-refractivity contribution is -0.127. The molecule has 0 bridgehead atoms. The van der Waals surface area contributed by atoms with Gasteiger partial charge in [-0.05, 0) is 48.6 Å². The standard InChI is InChI=1S/C16H19NOS/c1-11(17-16(18)12-5-4-6-12)9-13-10-19-15-8-3-2-7-14(13)15/h2-3,7-8,10-12H,4-6,9H2,1H3,(H,17,18)/t11-/m1/s1. The SMILES string of the molecule is C[C@H](Cc1csc2ccccc12)NC(=O)C1CCC1.